The number of nitrogens with zero attached hydrogens (tertiary/aromatic N) is 1. The Morgan fingerprint density at radius 3 is 3.20 bits per heavy atom. The number of ether oxygens (including phenoxy) is 1. The van der Waals surface area contributed by atoms with E-state index in [0.717, 1.165) is 19.7 Å². The van der Waals surface area contributed by atoms with Gasteiger partial charge in [0.15, 0.2) is 0 Å². The Balaban J connectivity index is 1.98. The Hall–Kier alpha value is -0.840. The Morgan fingerprint density at radius 2 is 2.53 bits per heavy atom. The number of furan rings is 1. The zero-order chi connectivity index (χ0) is 10.7. The van der Waals surface area contributed by atoms with Crippen LogP contribution in [0.25, 0.3) is 0 Å². The van der Waals surface area contributed by atoms with Crippen molar-refractivity contribution in [2.75, 3.05) is 26.2 Å². The van der Waals surface area contributed by atoms with Crippen LogP contribution in [0, 0.1) is 0 Å². The topological polar surface area (TPSA) is 51.6 Å². The van der Waals surface area contributed by atoms with Gasteiger partial charge in [0.2, 0.25) is 0 Å². The van der Waals surface area contributed by atoms with Crippen molar-refractivity contribution in [2.45, 2.75) is 19.1 Å². The summed E-state index contributed by atoms with van der Waals surface area (Å²) < 4.78 is 10.6. The molecular formula is C11H18N2O2. The summed E-state index contributed by atoms with van der Waals surface area (Å²) in [5.74, 6) is 0. The van der Waals surface area contributed by atoms with Crippen LogP contribution in [0.1, 0.15) is 18.5 Å². The van der Waals surface area contributed by atoms with Crippen molar-refractivity contribution in [3.8, 4) is 0 Å². The summed E-state index contributed by atoms with van der Waals surface area (Å²) in [7, 11) is 0. The van der Waals surface area contributed by atoms with Crippen LogP contribution in [0.5, 0.6) is 0 Å². The largest absolute Gasteiger partial charge is 0.472 e. The highest BCUT2D eigenvalue weighted by Crippen LogP contribution is 2.22. The van der Waals surface area contributed by atoms with Gasteiger partial charge in [0, 0.05) is 31.2 Å². The summed E-state index contributed by atoms with van der Waals surface area (Å²) in [6.45, 7) is 5.41. The van der Waals surface area contributed by atoms with Crippen LogP contribution in [0.4, 0.5) is 0 Å². The average Bonchev–Trinajstić information content (AvgIpc) is 2.81. The van der Waals surface area contributed by atoms with E-state index in [0.29, 0.717) is 12.6 Å². The van der Waals surface area contributed by atoms with Gasteiger partial charge >= 0.3 is 0 Å². The zero-order valence-electron chi connectivity index (χ0n) is 9.06. The first-order valence-corrected chi connectivity index (χ1v) is 5.39. The number of nitrogens with two attached hydrogens (primary N) is 1. The summed E-state index contributed by atoms with van der Waals surface area (Å²) in [6, 6.07) is 2.39. The van der Waals surface area contributed by atoms with E-state index < -0.39 is 0 Å². The molecule has 4 nitrogen and oxygen atoms in total. The van der Waals surface area contributed by atoms with E-state index in [1.807, 2.05) is 6.07 Å². The second kappa shape index (κ2) is 4.79. The van der Waals surface area contributed by atoms with E-state index >= 15 is 0 Å². The average molecular weight is 210 g/mol. The normalized spacial score (nSPS) is 25.3. The van der Waals surface area contributed by atoms with Crippen LogP contribution in [0.15, 0.2) is 23.0 Å². The standard InChI is InChI=1S/C11H18N2O2/c1-9(10-2-4-14-8-10)13-3-5-15-11(6-12)7-13/h2,4,8-9,11H,3,5-7,12H2,1H3. The lowest BCUT2D eigenvalue weighted by atomic mass is 10.1. The van der Waals surface area contributed by atoms with E-state index in [2.05, 4.69) is 11.8 Å². The van der Waals surface area contributed by atoms with Crippen LogP contribution in [-0.2, 0) is 4.74 Å². The molecular weight excluding hydrogens is 192 g/mol. The lowest BCUT2D eigenvalue weighted by Crippen LogP contribution is -2.46. The van der Waals surface area contributed by atoms with Gasteiger partial charge in [-0.15, -0.1) is 0 Å². The molecule has 84 valence electrons. The van der Waals surface area contributed by atoms with E-state index in [4.69, 9.17) is 14.9 Å². The van der Waals surface area contributed by atoms with Crippen LogP contribution >= 0.6 is 0 Å². The van der Waals surface area contributed by atoms with E-state index in [-0.39, 0.29) is 6.10 Å². The number of morpholine rings is 1. The summed E-state index contributed by atoms with van der Waals surface area (Å²) >= 11 is 0. The van der Waals surface area contributed by atoms with Gasteiger partial charge in [-0.1, -0.05) is 0 Å². The number of hydrogen-bond donors (Lipinski definition) is 1. The predicted molar refractivity (Wildman–Crippen MR) is 57.5 cm³/mol. The molecule has 1 aromatic rings. The molecule has 2 N–H and O–H groups in total. The lowest BCUT2D eigenvalue weighted by Gasteiger charge is -2.36. The van der Waals surface area contributed by atoms with Gasteiger partial charge in [-0.05, 0) is 13.0 Å². The molecule has 2 rings (SSSR count). The molecule has 0 bridgehead atoms. The van der Waals surface area contributed by atoms with Crippen molar-refractivity contribution < 1.29 is 9.15 Å². The molecule has 0 spiro atoms. The maximum atomic E-state index is 5.61. The van der Waals surface area contributed by atoms with Crippen molar-refractivity contribution in [2.24, 2.45) is 5.73 Å². The first-order valence-electron chi connectivity index (χ1n) is 5.39. The molecule has 15 heavy (non-hydrogen) atoms. The van der Waals surface area contributed by atoms with Gasteiger partial charge in [0.25, 0.3) is 0 Å². The van der Waals surface area contributed by atoms with Gasteiger partial charge in [0.05, 0.1) is 25.2 Å². The molecule has 1 fully saturated rings. The first kappa shape index (κ1) is 10.7. The molecule has 0 aliphatic carbocycles. The van der Waals surface area contributed by atoms with Crippen LogP contribution < -0.4 is 5.73 Å². The zero-order valence-corrected chi connectivity index (χ0v) is 9.06. The highest BCUT2D eigenvalue weighted by Gasteiger charge is 2.24. The number of rotatable bonds is 3. The third kappa shape index (κ3) is 2.40. The molecule has 4 heteroatoms. The molecule has 1 aliphatic heterocycles. The lowest BCUT2D eigenvalue weighted by molar-refractivity contribution is -0.0365. The molecule has 2 atom stereocenters. The predicted octanol–water partition coefficient (Wildman–Crippen LogP) is 1.00. The minimum atomic E-state index is 0.174. The maximum Gasteiger partial charge on any atom is 0.0950 e. The molecule has 1 aliphatic rings. The fraction of sp³-hybridized carbons (Fsp3) is 0.636. The molecule has 0 amide bonds. The molecule has 2 unspecified atom stereocenters. The molecule has 0 radical (unpaired) electrons. The summed E-state index contributed by atoms with van der Waals surface area (Å²) in [5.41, 5.74) is 6.83. The van der Waals surface area contributed by atoms with Crippen LogP contribution in [0.3, 0.4) is 0 Å². The third-order valence-corrected chi connectivity index (χ3v) is 3.01. The van der Waals surface area contributed by atoms with E-state index in [9.17, 15) is 0 Å². The van der Waals surface area contributed by atoms with E-state index in [1.165, 1.54) is 5.56 Å². The van der Waals surface area contributed by atoms with Crippen LogP contribution in [0.2, 0.25) is 0 Å². The van der Waals surface area contributed by atoms with Crippen molar-refractivity contribution in [1.29, 1.82) is 0 Å². The molecule has 0 saturated carbocycles. The summed E-state index contributed by atoms with van der Waals surface area (Å²) in [5, 5.41) is 0. The highest BCUT2D eigenvalue weighted by atomic mass is 16.5. The van der Waals surface area contributed by atoms with Crippen molar-refractivity contribution >= 4 is 0 Å². The highest BCUT2D eigenvalue weighted by molar-refractivity contribution is 5.10. The van der Waals surface area contributed by atoms with Crippen molar-refractivity contribution in [1.82, 2.24) is 4.90 Å². The quantitative estimate of drug-likeness (QED) is 0.808. The van der Waals surface area contributed by atoms with E-state index in [1.54, 1.807) is 12.5 Å². The second-order valence-electron chi connectivity index (χ2n) is 3.96. The summed E-state index contributed by atoms with van der Waals surface area (Å²) in [6.07, 6.45) is 3.69. The fourth-order valence-corrected chi connectivity index (χ4v) is 1.96. The number of hydrogen-bond acceptors (Lipinski definition) is 4. The van der Waals surface area contributed by atoms with Gasteiger partial charge in [-0.2, -0.15) is 0 Å². The summed E-state index contributed by atoms with van der Waals surface area (Å²) in [4.78, 5) is 2.38. The molecule has 2 heterocycles. The van der Waals surface area contributed by atoms with Crippen molar-refractivity contribution in [3.05, 3.63) is 24.2 Å². The van der Waals surface area contributed by atoms with Gasteiger partial charge in [0.1, 0.15) is 0 Å². The molecule has 1 saturated heterocycles. The van der Waals surface area contributed by atoms with Crippen LogP contribution in [-0.4, -0.2) is 37.2 Å². The maximum absolute atomic E-state index is 5.61. The van der Waals surface area contributed by atoms with Gasteiger partial charge in [-0.25, -0.2) is 0 Å². The van der Waals surface area contributed by atoms with Crippen molar-refractivity contribution in [3.63, 3.8) is 0 Å². The third-order valence-electron chi connectivity index (χ3n) is 3.01. The van der Waals surface area contributed by atoms with Gasteiger partial charge < -0.3 is 14.9 Å². The minimum Gasteiger partial charge on any atom is -0.472 e. The second-order valence-corrected chi connectivity index (χ2v) is 3.96. The smallest absolute Gasteiger partial charge is 0.0950 e. The Bertz CT molecular complexity index is 287. The molecule has 1 aromatic heterocycles. The molecule has 0 aromatic carbocycles. The fourth-order valence-electron chi connectivity index (χ4n) is 1.96. The monoisotopic (exact) mass is 210 g/mol. The Labute approximate surface area is 90.0 Å². The Kier molecular flexibility index (Phi) is 3.41. The first-order chi connectivity index (χ1) is 7.31. The van der Waals surface area contributed by atoms with Gasteiger partial charge in [-0.3, -0.25) is 4.90 Å². The SMILES string of the molecule is CC(c1ccoc1)N1CCOC(CN)C1. The minimum absolute atomic E-state index is 0.174. The Morgan fingerprint density at radius 1 is 1.67 bits per heavy atom.